The maximum atomic E-state index is 11.9. The molecule has 0 radical (unpaired) electrons. The van der Waals surface area contributed by atoms with Gasteiger partial charge in [-0.25, -0.2) is 0 Å². The van der Waals surface area contributed by atoms with Gasteiger partial charge in [0, 0.05) is 36.4 Å². The first-order valence-electron chi connectivity index (χ1n) is 8.09. The Labute approximate surface area is 127 Å². The lowest BCUT2D eigenvalue weighted by molar-refractivity contribution is -0.121. The van der Waals surface area contributed by atoms with E-state index in [1.165, 1.54) is 17.0 Å². The van der Waals surface area contributed by atoms with Gasteiger partial charge >= 0.3 is 0 Å². The summed E-state index contributed by atoms with van der Waals surface area (Å²) in [7, 11) is 0. The molecule has 1 unspecified atom stereocenters. The number of amides is 1. The third kappa shape index (κ3) is 3.15. The van der Waals surface area contributed by atoms with Crippen molar-refractivity contribution >= 4 is 5.91 Å². The number of fused-ring (bicyclic) bond motifs is 1. The molecule has 21 heavy (non-hydrogen) atoms. The van der Waals surface area contributed by atoms with Gasteiger partial charge in [0.1, 0.15) is 0 Å². The Morgan fingerprint density at radius 2 is 2.19 bits per heavy atom. The van der Waals surface area contributed by atoms with Crippen LogP contribution in [0, 0.1) is 12.3 Å². The largest absolute Gasteiger partial charge is 0.353 e. The molecular weight excluding hydrogens is 262 g/mol. The van der Waals surface area contributed by atoms with Crippen LogP contribution in [-0.2, 0) is 17.8 Å². The Balaban J connectivity index is 1.74. The second kappa shape index (κ2) is 5.16. The Kier molecular flexibility index (Phi) is 3.60. The fourth-order valence-corrected chi connectivity index (χ4v) is 3.56. The van der Waals surface area contributed by atoms with Crippen LogP contribution in [-0.4, -0.2) is 16.5 Å². The summed E-state index contributed by atoms with van der Waals surface area (Å²) in [5, 5.41) is 3.06. The van der Waals surface area contributed by atoms with Crippen LogP contribution in [0.5, 0.6) is 0 Å². The Morgan fingerprint density at radius 3 is 2.86 bits per heavy atom. The van der Waals surface area contributed by atoms with Crippen LogP contribution in [0.25, 0.3) is 0 Å². The normalized spacial score (nSPS) is 23.7. The maximum absolute atomic E-state index is 11.9. The number of aryl methyl sites for hydroxylation is 1. The quantitative estimate of drug-likeness (QED) is 0.894. The van der Waals surface area contributed by atoms with E-state index in [-0.39, 0.29) is 17.4 Å². The van der Waals surface area contributed by atoms with Crippen LogP contribution in [0.2, 0.25) is 0 Å². The first kappa shape index (κ1) is 14.6. The minimum Gasteiger partial charge on any atom is -0.353 e. The first-order valence-corrected chi connectivity index (χ1v) is 8.09. The van der Waals surface area contributed by atoms with Crippen molar-refractivity contribution in [3.63, 3.8) is 0 Å². The fraction of sp³-hybridized carbons (Fsp3) is 0.706. The topological polar surface area (TPSA) is 60.0 Å². The second-order valence-electron chi connectivity index (χ2n) is 7.58. The van der Waals surface area contributed by atoms with Crippen molar-refractivity contribution in [1.29, 1.82) is 0 Å². The van der Waals surface area contributed by atoms with E-state index in [0.29, 0.717) is 12.5 Å². The van der Waals surface area contributed by atoms with E-state index in [9.17, 15) is 4.79 Å². The lowest BCUT2D eigenvalue weighted by Gasteiger charge is -2.34. The Bertz CT molecular complexity index is 555. The molecule has 0 spiro atoms. The highest BCUT2D eigenvalue weighted by Gasteiger charge is 2.33. The van der Waals surface area contributed by atoms with Gasteiger partial charge in [-0.3, -0.25) is 4.79 Å². The standard InChI is InChI=1S/C17H27N3O/c1-11-8-13-14(18)9-17(2,3)10-15(13)20(11)7-6-16(21)19-12-4-5-12/h8,12,14H,4-7,9-10,18H2,1-3H3,(H,19,21). The van der Waals surface area contributed by atoms with Crippen molar-refractivity contribution in [3.8, 4) is 0 Å². The van der Waals surface area contributed by atoms with Gasteiger partial charge in [0.25, 0.3) is 0 Å². The smallest absolute Gasteiger partial charge is 0.222 e. The maximum Gasteiger partial charge on any atom is 0.222 e. The van der Waals surface area contributed by atoms with Crippen molar-refractivity contribution < 1.29 is 4.79 Å². The summed E-state index contributed by atoms with van der Waals surface area (Å²) in [6.45, 7) is 7.45. The van der Waals surface area contributed by atoms with Crippen molar-refractivity contribution in [2.24, 2.45) is 11.1 Å². The van der Waals surface area contributed by atoms with E-state index in [1.54, 1.807) is 0 Å². The first-order chi connectivity index (χ1) is 9.85. The van der Waals surface area contributed by atoms with Crippen LogP contribution in [0.15, 0.2) is 6.07 Å². The number of carbonyl (C=O) groups excluding carboxylic acids is 1. The number of carbonyl (C=O) groups is 1. The van der Waals surface area contributed by atoms with Gasteiger partial charge < -0.3 is 15.6 Å². The average Bonchev–Trinajstić information content (AvgIpc) is 3.10. The summed E-state index contributed by atoms with van der Waals surface area (Å²) in [6, 6.07) is 2.79. The van der Waals surface area contributed by atoms with Crippen molar-refractivity contribution in [2.45, 2.75) is 71.5 Å². The SMILES string of the molecule is Cc1cc2c(n1CCC(=O)NC1CC1)CC(C)(C)CC2N. The molecule has 2 aliphatic rings. The van der Waals surface area contributed by atoms with Crippen LogP contribution < -0.4 is 11.1 Å². The molecule has 0 aliphatic heterocycles. The van der Waals surface area contributed by atoms with Gasteiger partial charge in [0.05, 0.1) is 0 Å². The summed E-state index contributed by atoms with van der Waals surface area (Å²) < 4.78 is 2.31. The van der Waals surface area contributed by atoms with Crippen molar-refractivity contribution in [3.05, 3.63) is 23.0 Å². The number of nitrogens with one attached hydrogen (secondary N) is 1. The molecule has 2 aliphatic carbocycles. The van der Waals surface area contributed by atoms with Crippen LogP contribution in [0.1, 0.15) is 62.5 Å². The second-order valence-corrected chi connectivity index (χ2v) is 7.58. The summed E-state index contributed by atoms with van der Waals surface area (Å²) >= 11 is 0. The molecule has 1 saturated carbocycles. The van der Waals surface area contributed by atoms with E-state index in [0.717, 1.165) is 32.2 Å². The highest BCUT2D eigenvalue weighted by Crippen LogP contribution is 2.40. The lowest BCUT2D eigenvalue weighted by atomic mass is 9.74. The van der Waals surface area contributed by atoms with Crippen molar-refractivity contribution in [2.75, 3.05) is 0 Å². The van der Waals surface area contributed by atoms with Crippen LogP contribution in [0.4, 0.5) is 0 Å². The fourth-order valence-electron chi connectivity index (χ4n) is 3.56. The van der Waals surface area contributed by atoms with E-state index in [1.807, 2.05) is 0 Å². The number of rotatable bonds is 4. The summed E-state index contributed by atoms with van der Waals surface area (Å²) in [5.41, 5.74) is 10.4. The highest BCUT2D eigenvalue weighted by atomic mass is 16.1. The third-order valence-corrected chi connectivity index (χ3v) is 4.77. The number of aromatic nitrogens is 1. The number of hydrogen-bond donors (Lipinski definition) is 2. The van der Waals surface area contributed by atoms with E-state index in [2.05, 4.69) is 36.7 Å². The van der Waals surface area contributed by atoms with Crippen LogP contribution >= 0.6 is 0 Å². The van der Waals surface area contributed by atoms with Gasteiger partial charge in [0.2, 0.25) is 5.91 Å². The number of nitrogens with zero attached hydrogens (tertiary/aromatic N) is 1. The monoisotopic (exact) mass is 289 g/mol. The average molecular weight is 289 g/mol. The molecule has 0 bridgehead atoms. The molecule has 1 heterocycles. The Hall–Kier alpha value is -1.29. The molecule has 1 atom stereocenters. The summed E-state index contributed by atoms with van der Waals surface area (Å²) in [6.07, 6.45) is 4.94. The zero-order chi connectivity index (χ0) is 15.2. The van der Waals surface area contributed by atoms with Crippen LogP contribution in [0.3, 0.4) is 0 Å². The zero-order valence-electron chi connectivity index (χ0n) is 13.4. The third-order valence-electron chi connectivity index (χ3n) is 4.77. The molecule has 1 fully saturated rings. The molecular formula is C17H27N3O. The molecule has 0 saturated heterocycles. The molecule has 1 aromatic heterocycles. The number of nitrogens with two attached hydrogens (primary N) is 1. The predicted octanol–water partition coefficient (Wildman–Crippen LogP) is 2.44. The van der Waals surface area contributed by atoms with Gasteiger partial charge in [-0.1, -0.05) is 13.8 Å². The van der Waals surface area contributed by atoms with Crippen molar-refractivity contribution in [1.82, 2.24) is 9.88 Å². The lowest BCUT2D eigenvalue weighted by Crippen LogP contribution is -2.31. The predicted molar refractivity (Wildman–Crippen MR) is 84.0 cm³/mol. The highest BCUT2D eigenvalue weighted by molar-refractivity contribution is 5.76. The minimum absolute atomic E-state index is 0.129. The molecule has 4 heteroatoms. The minimum atomic E-state index is 0.129. The summed E-state index contributed by atoms with van der Waals surface area (Å²) in [4.78, 5) is 11.9. The van der Waals surface area contributed by atoms with E-state index < -0.39 is 0 Å². The van der Waals surface area contributed by atoms with Gasteiger partial charge in [-0.2, -0.15) is 0 Å². The number of hydrogen-bond acceptors (Lipinski definition) is 2. The molecule has 3 rings (SSSR count). The van der Waals surface area contributed by atoms with E-state index >= 15 is 0 Å². The van der Waals surface area contributed by atoms with Gasteiger partial charge in [-0.15, -0.1) is 0 Å². The molecule has 116 valence electrons. The molecule has 1 aromatic rings. The Morgan fingerprint density at radius 1 is 1.48 bits per heavy atom. The van der Waals surface area contributed by atoms with E-state index in [4.69, 9.17) is 5.73 Å². The molecule has 3 N–H and O–H groups in total. The molecule has 1 amide bonds. The van der Waals surface area contributed by atoms with Gasteiger partial charge in [0.15, 0.2) is 0 Å². The molecule has 0 aromatic carbocycles. The molecule has 4 nitrogen and oxygen atoms in total. The summed E-state index contributed by atoms with van der Waals surface area (Å²) in [5.74, 6) is 0.179. The van der Waals surface area contributed by atoms with Gasteiger partial charge in [-0.05, 0) is 49.7 Å². The zero-order valence-corrected chi connectivity index (χ0v) is 13.4.